The maximum absolute atomic E-state index is 12.5. The van der Waals surface area contributed by atoms with Crippen molar-refractivity contribution < 1.29 is 24.0 Å². The molecular formula is C21H28N3O4S+. The van der Waals surface area contributed by atoms with E-state index in [1.807, 2.05) is 25.2 Å². The Balaban J connectivity index is 1.56. The summed E-state index contributed by atoms with van der Waals surface area (Å²) in [6.07, 6.45) is 3.65. The zero-order valence-corrected chi connectivity index (χ0v) is 17.9. The third kappa shape index (κ3) is 4.89. The molecule has 0 spiro atoms. The first kappa shape index (κ1) is 21.1. The summed E-state index contributed by atoms with van der Waals surface area (Å²) in [6, 6.07) is 5.84. The van der Waals surface area contributed by atoms with E-state index >= 15 is 0 Å². The summed E-state index contributed by atoms with van der Waals surface area (Å²) < 4.78 is 10.6. The molecule has 2 amide bonds. The molecule has 1 aromatic heterocycles. The molecule has 0 aliphatic heterocycles. The lowest BCUT2D eigenvalue weighted by atomic mass is 10.1. The minimum atomic E-state index is -0.464. The molecule has 8 heteroatoms. The van der Waals surface area contributed by atoms with Crippen molar-refractivity contribution >= 4 is 28.2 Å². The number of amides is 2. The highest BCUT2D eigenvalue weighted by atomic mass is 32.1. The Bertz CT molecular complexity index is 910. The van der Waals surface area contributed by atoms with Crippen molar-refractivity contribution in [1.29, 1.82) is 0 Å². The van der Waals surface area contributed by atoms with Crippen LogP contribution in [-0.2, 0) is 24.1 Å². The molecule has 3 rings (SSSR count). The molecule has 0 saturated carbocycles. The molecule has 1 aromatic carbocycles. The average Bonchev–Trinajstić information content (AvgIpc) is 3.26. The van der Waals surface area contributed by atoms with Gasteiger partial charge in [-0.1, -0.05) is 6.07 Å². The van der Waals surface area contributed by atoms with Gasteiger partial charge in [-0.15, -0.1) is 11.3 Å². The lowest BCUT2D eigenvalue weighted by molar-refractivity contribution is -0.870. The number of nitrogens with one attached hydrogen (secondary N) is 2. The molecule has 1 heterocycles. The molecule has 1 unspecified atom stereocenters. The molecule has 4 N–H and O–H groups in total. The Morgan fingerprint density at radius 3 is 2.66 bits per heavy atom. The van der Waals surface area contributed by atoms with E-state index in [1.54, 1.807) is 14.2 Å². The molecule has 0 bridgehead atoms. The molecule has 1 aliphatic rings. The van der Waals surface area contributed by atoms with Crippen LogP contribution in [0.2, 0.25) is 0 Å². The number of quaternary nitrogens is 1. The molecule has 0 saturated heterocycles. The van der Waals surface area contributed by atoms with Crippen molar-refractivity contribution in [3.8, 4) is 11.5 Å². The molecule has 29 heavy (non-hydrogen) atoms. The fraction of sp³-hybridized carbons (Fsp3) is 0.429. The van der Waals surface area contributed by atoms with E-state index in [4.69, 9.17) is 15.2 Å². The van der Waals surface area contributed by atoms with E-state index in [0.717, 1.165) is 48.3 Å². The highest BCUT2D eigenvalue weighted by molar-refractivity contribution is 7.17. The van der Waals surface area contributed by atoms with Crippen molar-refractivity contribution in [2.45, 2.75) is 25.7 Å². The van der Waals surface area contributed by atoms with Crippen LogP contribution >= 0.6 is 11.3 Å². The van der Waals surface area contributed by atoms with Gasteiger partial charge in [-0.2, -0.15) is 0 Å². The van der Waals surface area contributed by atoms with Crippen molar-refractivity contribution in [3.63, 3.8) is 0 Å². The van der Waals surface area contributed by atoms with Gasteiger partial charge >= 0.3 is 0 Å². The third-order valence-corrected chi connectivity index (χ3v) is 6.38. The van der Waals surface area contributed by atoms with Crippen LogP contribution in [0.5, 0.6) is 11.5 Å². The molecule has 7 nitrogen and oxygen atoms in total. The topological polar surface area (TPSA) is 95.1 Å². The molecule has 0 fully saturated rings. The zero-order valence-electron chi connectivity index (χ0n) is 17.1. The van der Waals surface area contributed by atoms with Crippen LogP contribution in [0.25, 0.3) is 0 Å². The van der Waals surface area contributed by atoms with E-state index in [9.17, 15) is 9.59 Å². The smallest absolute Gasteiger partial charge is 0.280 e. The lowest BCUT2D eigenvalue weighted by Crippen LogP contribution is -3.10. The number of hydrogen-bond donors (Lipinski definition) is 3. The number of anilines is 1. The number of ether oxygens (including phenoxy) is 2. The number of aryl methyl sites for hydroxylation is 1. The van der Waals surface area contributed by atoms with Gasteiger partial charge in [0.05, 0.1) is 33.4 Å². The lowest BCUT2D eigenvalue weighted by Gasteiger charge is -2.15. The second kappa shape index (κ2) is 9.28. The average molecular weight is 419 g/mol. The van der Waals surface area contributed by atoms with E-state index < -0.39 is 5.91 Å². The maximum Gasteiger partial charge on any atom is 0.280 e. The second-order valence-corrected chi connectivity index (χ2v) is 8.40. The highest BCUT2D eigenvalue weighted by Gasteiger charge is 2.26. The van der Waals surface area contributed by atoms with Crippen LogP contribution in [0.4, 0.5) is 5.00 Å². The number of hydrogen-bond acceptors (Lipinski definition) is 5. The summed E-state index contributed by atoms with van der Waals surface area (Å²) in [4.78, 5) is 26.6. The summed E-state index contributed by atoms with van der Waals surface area (Å²) in [5.74, 6) is 0.820. The first-order valence-electron chi connectivity index (χ1n) is 9.69. The second-order valence-electron chi connectivity index (χ2n) is 7.30. The normalized spacial score (nSPS) is 13.6. The fourth-order valence-corrected chi connectivity index (χ4v) is 4.99. The number of thiophene rings is 1. The highest BCUT2D eigenvalue weighted by Crippen LogP contribution is 2.38. The summed E-state index contributed by atoms with van der Waals surface area (Å²) in [6.45, 7) is 1.10. The number of benzene rings is 1. The Morgan fingerprint density at radius 2 is 1.97 bits per heavy atom. The number of primary amides is 1. The molecule has 156 valence electrons. The standard InChI is InChI=1S/C21H27N3O4S/c1-24(10-9-13-7-8-15(27-2)16(11-13)28-3)12-18(25)23-21-19(20(22)26)14-5-4-6-17(14)29-21/h7-8,11H,4-6,9-10,12H2,1-3H3,(H2,22,26)(H,23,25)/p+1. The third-order valence-electron chi connectivity index (χ3n) is 5.17. The van der Waals surface area contributed by atoms with Crippen LogP contribution in [-0.4, -0.2) is 46.2 Å². The summed E-state index contributed by atoms with van der Waals surface area (Å²) in [5, 5.41) is 3.50. The summed E-state index contributed by atoms with van der Waals surface area (Å²) in [5.41, 5.74) is 8.20. The number of carbonyl (C=O) groups is 2. The van der Waals surface area contributed by atoms with Gasteiger partial charge in [-0.3, -0.25) is 9.59 Å². The number of fused-ring (bicyclic) bond motifs is 1. The molecule has 1 atom stereocenters. The maximum atomic E-state index is 12.5. The minimum absolute atomic E-state index is 0.114. The van der Waals surface area contributed by atoms with E-state index in [2.05, 4.69) is 5.32 Å². The molecule has 2 aromatic rings. The van der Waals surface area contributed by atoms with Gasteiger partial charge in [0.1, 0.15) is 5.00 Å². The quantitative estimate of drug-likeness (QED) is 0.567. The predicted molar refractivity (Wildman–Crippen MR) is 113 cm³/mol. The van der Waals surface area contributed by atoms with E-state index in [1.165, 1.54) is 16.2 Å². The van der Waals surface area contributed by atoms with Crippen LogP contribution in [0.3, 0.4) is 0 Å². The van der Waals surface area contributed by atoms with Crippen LogP contribution in [0.1, 0.15) is 32.8 Å². The number of likely N-dealkylation sites (N-methyl/N-ethyl adjacent to an activating group) is 1. The fourth-order valence-electron chi connectivity index (χ4n) is 3.68. The van der Waals surface area contributed by atoms with E-state index in [-0.39, 0.29) is 5.91 Å². The van der Waals surface area contributed by atoms with E-state index in [0.29, 0.717) is 28.6 Å². The van der Waals surface area contributed by atoms with Gasteiger partial charge < -0.3 is 25.4 Å². The molecular weight excluding hydrogens is 390 g/mol. The van der Waals surface area contributed by atoms with Crippen LogP contribution in [0.15, 0.2) is 18.2 Å². The van der Waals surface area contributed by atoms with Crippen molar-refractivity contribution in [2.24, 2.45) is 5.73 Å². The first-order chi connectivity index (χ1) is 13.9. The van der Waals surface area contributed by atoms with Crippen molar-refractivity contribution in [1.82, 2.24) is 0 Å². The van der Waals surface area contributed by atoms with Gasteiger partial charge in [-0.25, -0.2) is 0 Å². The van der Waals surface area contributed by atoms with Crippen molar-refractivity contribution in [2.75, 3.05) is 39.7 Å². The predicted octanol–water partition coefficient (Wildman–Crippen LogP) is 1.05. The zero-order chi connectivity index (χ0) is 21.0. The summed E-state index contributed by atoms with van der Waals surface area (Å²) >= 11 is 1.48. The monoisotopic (exact) mass is 418 g/mol. The summed E-state index contributed by atoms with van der Waals surface area (Å²) in [7, 11) is 5.20. The Kier molecular flexibility index (Phi) is 6.76. The van der Waals surface area contributed by atoms with Gasteiger partial charge in [0.15, 0.2) is 18.0 Å². The van der Waals surface area contributed by atoms with Crippen LogP contribution in [0, 0.1) is 0 Å². The molecule has 0 radical (unpaired) electrons. The molecule has 1 aliphatic carbocycles. The Morgan fingerprint density at radius 1 is 1.21 bits per heavy atom. The number of methoxy groups -OCH3 is 2. The van der Waals surface area contributed by atoms with Gasteiger partial charge in [-0.05, 0) is 42.5 Å². The number of carbonyl (C=O) groups excluding carboxylic acids is 2. The van der Waals surface area contributed by atoms with Gasteiger partial charge in [0.25, 0.3) is 11.8 Å². The van der Waals surface area contributed by atoms with Gasteiger partial charge in [0, 0.05) is 11.3 Å². The first-order valence-corrected chi connectivity index (χ1v) is 10.5. The van der Waals surface area contributed by atoms with Crippen LogP contribution < -0.4 is 25.4 Å². The van der Waals surface area contributed by atoms with Crippen molar-refractivity contribution in [3.05, 3.63) is 39.8 Å². The largest absolute Gasteiger partial charge is 0.493 e. The Hall–Kier alpha value is -2.58. The number of nitrogens with two attached hydrogens (primary N) is 1. The SMILES string of the molecule is COc1ccc(CC[NH+](C)CC(=O)Nc2sc3c(c2C(N)=O)CCC3)cc1OC. The van der Waals surface area contributed by atoms with Gasteiger partial charge in [0.2, 0.25) is 0 Å². The minimum Gasteiger partial charge on any atom is -0.493 e. The number of rotatable bonds is 9. The Labute approximate surface area is 174 Å².